The number of ether oxygens (including phenoxy) is 2. The van der Waals surface area contributed by atoms with Gasteiger partial charge in [-0.15, -0.1) is 11.8 Å². The van der Waals surface area contributed by atoms with Crippen molar-refractivity contribution in [3.05, 3.63) is 60.3 Å². The van der Waals surface area contributed by atoms with Crippen molar-refractivity contribution in [1.29, 1.82) is 0 Å². The predicted octanol–water partition coefficient (Wildman–Crippen LogP) is 4.93. The van der Waals surface area contributed by atoms with Gasteiger partial charge in [0.25, 0.3) is 0 Å². The van der Waals surface area contributed by atoms with Gasteiger partial charge in [0.2, 0.25) is 5.95 Å². The highest BCUT2D eigenvalue weighted by atomic mass is 32.2. The summed E-state index contributed by atoms with van der Waals surface area (Å²) in [6.45, 7) is 4.73. The summed E-state index contributed by atoms with van der Waals surface area (Å²) >= 11 is 1.75. The van der Waals surface area contributed by atoms with Gasteiger partial charge in [-0.25, -0.2) is 4.98 Å². The molecule has 1 heterocycles. The fourth-order valence-electron chi connectivity index (χ4n) is 2.97. The Morgan fingerprint density at radius 1 is 1.07 bits per heavy atom. The maximum atomic E-state index is 5.54. The number of imidazole rings is 1. The van der Waals surface area contributed by atoms with Gasteiger partial charge in [-0.1, -0.05) is 12.1 Å². The van der Waals surface area contributed by atoms with E-state index in [-0.39, 0.29) is 0 Å². The van der Waals surface area contributed by atoms with Crippen LogP contribution in [0, 0.1) is 0 Å². The van der Waals surface area contributed by atoms with Crippen LogP contribution in [0.3, 0.4) is 0 Å². The molecular weight excluding hydrogens is 370 g/mol. The van der Waals surface area contributed by atoms with Crippen molar-refractivity contribution in [1.82, 2.24) is 9.55 Å². The molecule has 0 radical (unpaired) electrons. The molecule has 0 saturated carbocycles. The van der Waals surface area contributed by atoms with E-state index >= 15 is 0 Å². The number of thioether (sulfide) groups is 1. The fourth-order valence-corrected chi connectivity index (χ4v) is 3.38. The van der Waals surface area contributed by atoms with Gasteiger partial charge >= 0.3 is 0 Å². The molecular formula is C22H27N3O2S. The molecule has 3 aromatic rings. The Labute approximate surface area is 171 Å². The molecule has 148 valence electrons. The van der Waals surface area contributed by atoms with Crippen LogP contribution in [0.2, 0.25) is 0 Å². The third-order valence-electron chi connectivity index (χ3n) is 4.45. The topological polar surface area (TPSA) is 48.3 Å². The van der Waals surface area contributed by atoms with E-state index in [2.05, 4.69) is 57.5 Å². The van der Waals surface area contributed by atoms with Gasteiger partial charge in [0.05, 0.1) is 25.1 Å². The van der Waals surface area contributed by atoms with Gasteiger partial charge in [-0.3, -0.25) is 0 Å². The van der Waals surface area contributed by atoms with Crippen LogP contribution in [-0.2, 0) is 17.8 Å². The molecule has 0 aliphatic carbocycles. The van der Waals surface area contributed by atoms with Crippen LogP contribution < -0.4 is 10.1 Å². The third-order valence-corrected chi connectivity index (χ3v) is 5.19. The van der Waals surface area contributed by atoms with Crippen LogP contribution in [0.15, 0.2) is 59.6 Å². The summed E-state index contributed by atoms with van der Waals surface area (Å²) < 4.78 is 13.0. The van der Waals surface area contributed by atoms with E-state index in [0.29, 0.717) is 13.2 Å². The van der Waals surface area contributed by atoms with Crippen molar-refractivity contribution in [2.24, 2.45) is 0 Å². The summed E-state index contributed by atoms with van der Waals surface area (Å²) in [7, 11) is 1.72. The highest BCUT2D eigenvalue weighted by molar-refractivity contribution is 7.98. The zero-order valence-electron chi connectivity index (χ0n) is 16.6. The summed E-state index contributed by atoms with van der Waals surface area (Å²) in [5, 5.41) is 3.46. The van der Waals surface area contributed by atoms with E-state index in [0.717, 1.165) is 36.0 Å². The molecule has 2 aromatic carbocycles. The van der Waals surface area contributed by atoms with E-state index in [4.69, 9.17) is 9.47 Å². The zero-order valence-corrected chi connectivity index (χ0v) is 17.5. The lowest BCUT2D eigenvalue weighted by atomic mass is 10.1. The molecule has 6 heteroatoms. The van der Waals surface area contributed by atoms with Crippen LogP contribution in [0.5, 0.6) is 5.75 Å². The van der Waals surface area contributed by atoms with Crippen LogP contribution >= 0.6 is 11.8 Å². The van der Waals surface area contributed by atoms with E-state index in [1.54, 1.807) is 18.9 Å². The molecule has 1 aromatic heterocycles. The standard InChI is InChI=1S/C22H27N3O2S/c1-4-27-19-9-7-18(8-10-19)21-16-24-22(25(21)13-14-26-2)23-15-17-5-11-20(28-3)12-6-17/h5-12,16H,4,13-15H2,1-3H3,(H,23,24). The first-order chi connectivity index (χ1) is 13.7. The molecule has 0 aliphatic rings. The summed E-state index contributed by atoms with van der Waals surface area (Å²) in [4.78, 5) is 5.88. The molecule has 1 N–H and O–H groups in total. The quantitative estimate of drug-likeness (QED) is 0.492. The second-order valence-corrected chi connectivity index (χ2v) is 7.15. The highest BCUT2D eigenvalue weighted by Crippen LogP contribution is 2.26. The van der Waals surface area contributed by atoms with Gasteiger partial charge in [0, 0.05) is 30.7 Å². The number of anilines is 1. The van der Waals surface area contributed by atoms with Gasteiger partial charge in [0.15, 0.2) is 0 Å². The molecule has 0 atom stereocenters. The second-order valence-electron chi connectivity index (χ2n) is 6.27. The minimum atomic E-state index is 0.623. The normalized spacial score (nSPS) is 10.8. The Morgan fingerprint density at radius 2 is 1.82 bits per heavy atom. The summed E-state index contributed by atoms with van der Waals surface area (Å²) in [6, 6.07) is 16.7. The minimum absolute atomic E-state index is 0.623. The predicted molar refractivity (Wildman–Crippen MR) is 116 cm³/mol. The lowest BCUT2D eigenvalue weighted by Crippen LogP contribution is -2.11. The Kier molecular flexibility index (Phi) is 7.39. The SMILES string of the molecule is CCOc1ccc(-c2cnc(NCc3ccc(SC)cc3)n2CCOC)cc1. The van der Waals surface area contributed by atoms with Crippen molar-refractivity contribution in [2.75, 3.05) is 31.9 Å². The average Bonchev–Trinajstić information content (AvgIpc) is 3.14. The summed E-state index contributed by atoms with van der Waals surface area (Å²) in [5.41, 5.74) is 3.38. The van der Waals surface area contributed by atoms with E-state index < -0.39 is 0 Å². The van der Waals surface area contributed by atoms with Gasteiger partial charge in [0.1, 0.15) is 5.75 Å². The Balaban J connectivity index is 1.78. The molecule has 3 rings (SSSR count). The second kappa shape index (κ2) is 10.2. The lowest BCUT2D eigenvalue weighted by molar-refractivity contribution is 0.188. The Bertz CT molecular complexity index is 860. The number of aromatic nitrogens is 2. The zero-order chi connectivity index (χ0) is 19.8. The fraction of sp³-hybridized carbons (Fsp3) is 0.318. The minimum Gasteiger partial charge on any atom is -0.494 e. The molecule has 0 aliphatic heterocycles. The molecule has 0 amide bonds. The van der Waals surface area contributed by atoms with E-state index in [9.17, 15) is 0 Å². The molecule has 0 spiro atoms. The van der Waals surface area contributed by atoms with Gasteiger partial charge < -0.3 is 19.4 Å². The number of methoxy groups -OCH3 is 1. The van der Waals surface area contributed by atoms with Crippen molar-refractivity contribution in [2.45, 2.75) is 24.9 Å². The maximum Gasteiger partial charge on any atom is 0.203 e. The number of hydrogen-bond acceptors (Lipinski definition) is 5. The molecule has 0 unspecified atom stereocenters. The molecule has 0 bridgehead atoms. The molecule has 0 fully saturated rings. The van der Waals surface area contributed by atoms with Gasteiger partial charge in [-0.05, 0) is 55.1 Å². The van der Waals surface area contributed by atoms with Crippen molar-refractivity contribution in [3.8, 4) is 17.0 Å². The average molecular weight is 398 g/mol. The third kappa shape index (κ3) is 5.09. The van der Waals surface area contributed by atoms with Crippen LogP contribution in [0.1, 0.15) is 12.5 Å². The van der Waals surface area contributed by atoms with Crippen molar-refractivity contribution >= 4 is 17.7 Å². The van der Waals surface area contributed by atoms with Crippen molar-refractivity contribution < 1.29 is 9.47 Å². The first-order valence-corrected chi connectivity index (χ1v) is 10.6. The number of rotatable bonds is 10. The molecule has 5 nitrogen and oxygen atoms in total. The Morgan fingerprint density at radius 3 is 2.46 bits per heavy atom. The number of nitrogens with zero attached hydrogens (tertiary/aromatic N) is 2. The highest BCUT2D eigenvalue weighted by Gasteiger charge is 2.12. The molecule has 28 heavy (non-hydrogen) atoms. The Hall–Kier alpha value is -2.44. The van der Waals surface area contributed by atoms with Crippen molar-refractivity contribution in [3.63, 3.8) is 0 Å². The maximum absolute atomic E-state index is 5.54. The smallest absolute Gasteiger partial charge is 0.203 e. The summed E-state index contributed by atoms with van der Waals surface area (Å²) in [6.07, 6.45) is 3.99. The first-order valence-electron chi connectivity index (χ1n) is 9.39. The van der Waals surface area contributed by atoms with E-state index in [1.165, 1.54) is 10.5 Å². The number of nitrogens with one attached hydrogen (secondary N) is 1. The molecule has 0 saturated heterocycles. The largest absolute Gasteiger partial charge is 0.494 e. The first kappa shape index (κ1) is 20.3. The van der Waals surface area contributed by atoms with Crippen LogP contribution in [0.4, 0.5) is 5.95 Å². The van der Waals surface area contributed by atoms with Crippen LogP contribution in [0.25, 0.3) is 11.3 Å². The van der Waals surface area contributed by atoms with Gasteiger partial charge in [-0.2, -0.15) is 0 Å². The van der Waals surface area contributed by atoms with Crippen LogP contribution in [-0.4, -0.2) is 36.1 Å². The lowest BCUT2D eigenvalue weighted by Gasteiger charge is -2.13. The number of benzene rings is 2. The monoisotopic (exact) mass is 397 g/mol. The number of hydrogen-bond donors (Lipinski definition) is 1. The summed E-state index contributed by atoms with van der Waals surface area (Å²) in [5.74, 6) is 1.72. The van der Waals surface area contributed by atoms with E-state index in [1.807, 2.05) is 25.3 Å².